The Hall–Kier alpha value is -2.12. The van der Waals surface area contributed by atoms with Crippen LogP contribution in [0.15, 0.2) is 36.7 Å². The molecule has 1 N–H and O–H groups in total. The molecule has 2 rings (SSSR count). The van der Waals surface area contributed by atoms with E-state index in [1.807, 2.05) is 18.2 Å². The Morgan fingerprint density at radius 2 is 2.26 bits per heavy atom. The maximum Gasteiger partial charge on any atom is 0.140 e. The van der Waals surface area contributed by atoms with E-state index in [4.69, 9.17) is 5.26 Å². The smallest absolute Gasteiger partial charge is 0.140 e. The predicted molar refractivity (Wildman–Crippen MR) is 74.5 cm³/mol. The van der Waals surface area contributed by atoms with Gasteiger partial charge in [0.15, 0.2) is 0 Å². The van der Waals surface area contributed by atoms with Crippen LogP contribution in [-0.4, -0.2) is 15.6 Å². The Morgan fingerprint density at radius 3 is 3.00 bits per heavy atom. The lowest BCUT2D eigenvalue weighted by Crippen LogP contribution is -2.23. The summed E-state index contributed by atoms with van der Waals surface area (Å²) in [6.07, 6.45) is 3.74. The Morgan fingerprint density at radius 1 is 1.42 bits per heavy atom. The van der Waals surface area contributed by atoms with Crippen LogP contribution < -0.4 is 5.32 Å². The van der Waals surface area contributed by atoms with Crippen molar-refractivity contribution in [3.63, 3.8) is 0 Å². The molecular formula is C15H18N4. The molecule has 4 nitrogen and oxygen atoms in total. The molecule has 4 heteroatoms. The molecule has 0 aliphatic heterocycles. The van der Waals surface area contributed by atoms with Crippen molar-refractivity contribution in [2.75, 3.05) is 0 Å². The first-order chi connectivity index (χ1) is 9.19. The maximum absolute atomic E-state index is 8.86. The Balaban J connectivity index is 2.10. The van der Waals surface area contributed by atoms with Gasteiger partial charge in [0.2, 0.25) is 0 Å². The molecule has 0 amide bonds. The lowest BCUT2D eigenvalue weighted by atomic mass is 10.2. The van der Waals surface area contributed by atoms with Crippen molar-refractivity contribution in [3.05, 3.63) is 53.6 Å². The minimum atomic E-state index is 0.464. The summed E-state index contributed by atoms with van der Waals surface area (Å²) in [5, 5.41) is 12.3. The van der Waals surface area contributed by atoms with Gasteiger partial charge in [0.1, 0.15) is 11.8 Å². The number of hydrogen-bond acceptors (Lipinski definition) is 3. The van der Waals surface area contributed by atoms with Gasteiger partial charge in [0.25, 0.3) is 0 Å². The van der Waals surface area contributed by atoms with Crippen LogP contribution in [0.2, 0.25) is 0 Å². The summed E-state index contributed by atoms with van der Waals surface area (Å²) < 4.78 is 2.19. The normalized spacial score (nSPS) is 10.6. The molecule has 19 heavy (non-hydrogen) atoms. The first-order valence-corrected chi connectivity index (χ1v) is 6.41. The van der Waals surface area contributed by atoms with E-state index in [0.29, 0.717) is 11.7 Å². The van der Waals surface area contributed by atoms with Crippen molar-refractivity contribution in [1.29, 1.82) is 5.26 Å². The summed E-state index contributed by atoms with van der Waals surface area (Å²) in [7, 11) is 0. The Bertz CT molecular complexity index is 578. The third-order valence-electron chi connectivity index (χ3n) is 2.91. The fraction of sp³-hybridized carbons (Fsp3) is 0.333. The molecule has 0 aromatic carbocycles. The number of rotatable bonds is 5. The van der Waals surface area contributed by atoms with Crippen LogP contribution in [0.25, 0.3) is 0 Å². The molecule has 0 aliphatic rings. The Kier molecular flexibility index (Phi) is 4.32. The first kappa shape index (κ1) is 13.3. The zero-order valence-electron chi connectivity index (χ0n) is 11.3. The summed E-state index contributed by atoms with van der Waals surface area (Å²) >= 11 is 0. The molecule has 2 aromatic heterocycles. The fourth-order valence-electron chi connectivity index (χ4n) is 1.90. The molecule has 2 heterocycles. The quantitative estimate of drug-likeness (QED) is 0.890. The summed E-state index contributed by atoms with van der Waals surface area (Å²) in [5.41, 5.74) is 2.80. The molecule has 0 spiro atoms. The van der Waals surface area contributed by atoms with Gasteiger partial charge in [0.05, 0.1) is 0 Å². The van der Waals surface area contributed by atoms with Crippen molar-refractivity contribution in [2.24, 2.45) is 0 Å². The van der Waals surface area contributed by atoms with Crippen LogP contribution in [0.1, 0.15) is 30.8 Å². The summed E-state index contributed by atoms with van der Waals surface area (Å²) in [6.45, 7) is 5.88. The number of nitriles is 1. The summed E-state index contributed by atoms with van der Waals surface area (Å²) in [4.78, 5) is 3.99. The standard InChI is InChI=1S/C15H18N4/c1-12(2)18-10-15-4-3-7-19(15)11-13-5-6-17-14(8-13)9-16/h3-8,12,18H,10-11H2,1-2H3. The molecule has 0 radical (unpaired) electrons. The zero-order chi connectivity index (χ0) is 13.7. The molecule has 0 unspecified atom stereocenters. The average Bonchev–Trinajstić information content (AvgIpc) is 2.84. The summed E-state index contributed by atoms with van der Waals surface area (Å²) in [5.74, 6) is 0. The fourth-order valence-corrected chi connectivity index (χ4v) is 1.90. The number of nitrogens with zero attached hydrogens (tertiary/aromatic N) is 3. The minimum Gasteiger partial charge on any atom is -0.346 e. The van der Waals surface area contributed by atoms with Gasteiger partial charge in [-0.3, -0.25) is 0 Å². The van der Waals surface area contributed by atoms with Crippen LogP contribution in [-0.2, 0) is 13.1 Å². The lowest BCUT2D eigenvalue weighted by molar-refractivity contribution is 0.564. The molecule has 0 saturated carbocycles. The first-order valence-electron chi connectivity index (χ1n) is 6.41. The molecule has 0 bridgehead atoms. The van der Waals surface area contributed by atoms with Gasteiger partial charge >= 0.3 is 0 Å². The second-order valence-electron chi connectivity index (χ2n) is 4.82. The SMILES string of the molecule is CC(C)NCc1cccn1Cc1ccnc(C#N)c1. The number of pyridine rings is 1. The van der Waals surface area contributed by atoms with E-state index in [9.17, 15) is 0 Å². The van der Waals surface area contributed by atoms with E-state index in [2.05, 4.69) is 47.0 Å². The predicted octanol–water partition coefficient (Wildman–Crippen LogP) is 2.30. The van der Waals surface area contributed by atoms with Gasteiger partial charge in [0, 0.05) is 37.2 Å². The molecule has 0 saturated heterocycles. The second kappa shape index (κ2) is 6.17. The van der Waals surface area contributed by atoms with Gasteiger partial charge in [-0.15, -0.1) is 0 Å². The van der Waals surface area contributed by atoms with Gasteiger partial charge < -0.3 is 9.88 Å². The van der Waals surface area contributed by atoms with Crippen LogP contribution in [0.3, 0.4) is 0 Å². The summed E-state index contributed by atoms with van der Waals surface area (Å²) in [6, 6.07) is 10.5. The minimum absolute atomic E-state index is 0.464. The van der Waals surface area contributed by atoms with Crippen LogP contribution in [0, 0.1) is 11.3 Å². The third-order valence-corrected chi connectivity index (χ3v) is 2.91. The highest BCUT2D eigenvalue weighted by Gasteiger charge is 2.03. The molecule has 2 aromatic rings. The lowest BCUT2D eigenvalue weighted by Gasteiger charge is -2.12. The highest BCUT2D eigenvalue weighted by atomic mass is 15.0. The van der Waals surface area contributed by atoms with Crippen LogP contribution in [0.4, 0.5) is 0 Å². The zero-order valence-corrected chi connectivity index (χ0v) is 11.3. The average molecular weight is 254 g/mol. The van der Waals surface area contributed by atoms with E-state index in [1.54, 1.807) is 6.20 Å². The third kappa shape index (κ3) is 3.67. The van der Waals surface area contributed by atoms with Crippen molar-refractivity contribution in [3.8, 4) is 6.07 Å². The van der Waals surface area contributed by atoms with E-state index in [0.717, 1.165) is 18.7 Å². The largest absolute Gasteiger partial charge is 0.346 e. The van der Waals surface area contributed by atoms with Gasteiger partial charge in [-0.25, -0.2) is 4.98 Å². The Labute approximate surface area is 113 Å². The second-order valence-corrected chi connectivity index (χ2v) is 4.82. The molecule has 98 valence electrons. The van der Waals surface area contributed by atoms with Crippen LogP contribution in [0.5, 0.6) is 0 Å². The molecule has 0 fully saturated rings. The maximum atomic E-state index is 8.86. The van der Waals surface area contributed by atoms with E-state index < -0.39 is 0 Å². The van der Waals surface area contributed by atoms with Crippen molar-refractivity contribution in [1.82, 2.24) is 14.9 Å². The van der Waals surface area contributed by atoms with Crippen LogP contribution >= 0.6 is 0 Å². The van der Waals surface area contributed by atoms with Gasteiger partial charge in [-0.05, 0) is 29.8 Å². The van der Waals surface area contributed by atoms with Gasteiger partial charge in [-0.2, -0.15) is 5.26 Å². The van der Waals surface area contributed by atoms with Crippen molar-refractivity contribution in [2.45, 2.75) is 33.0 Å². The number of nitrogens with one attached hydrogen (secondary N) is 1. The molecule has 0 atom stereocenters. The number of hydrogen-bond donors (Lipinski definition) is 1. The number of aromatic nitrogens is 2. The molecule has 0 aliphatic carbocycles. The van der Waals surface area contributed by atoms with Gasteiger partial charge in [-0.1, -0.05) is 13.8 Å². The van der Waals surface area contributed by atoms with E-state index in [1.165, 1.54) is 5.69 Å². The van der Waals surface area contributed by atoms with Crippen molar-refractivity contribution < 1.29 is 0 Å². The highest BCUT2D eigenvalue weighted by Crippen LogP contribution is 2.08. The van der Waals surface area contributed by atoms with E-state index in [-0.39, 0.29) is 0 Å². The highest BCUT2D eigenvalue weighted by molar-refractivity contribution is 5.26. The molecular weight excluding hydrogens is 236 g/mol. The van der Waals surface area contributed by atoms with E-state index >= 15 is 0 Å². The topological polar surface area (TPSA) is 53.6 Å². The monoisotopic (exact) mass is 254 g/mol. The van der Waals surface area contributed by atoms with Crippen molar-refractivity contribution >= 4 is 0 Å².